The minimum Gasteiger partial charge on any atom is -0.497 e. The Bertz CT molecular complexity index is 722. The lowest BCUT2D eigenvalue weighted by molar-refractivity contribution is 0.246. The van der Waals surface area contributed by atoms with Crippen molar-refractivity contribution in [2.45, 2.75) is 20.4 Å². The van der Waals surface area contributed by atoms with Crippen LogP contribution in [-0.4, -0.2) is 45.3 Å². The van der Waals surface area contributed by atoms with Gasteiger partial charge in [-0.2, -0.15) is 0 Å². The van der Waals surface area contributed by atoms with Crippen LogP contribution in [0.3, 0.4) is 0 Å². The van der Waals surface area contributed by atoms with Gasteiger partial charge in [-0.1, -0.05) is 18.2 Å². The maximum Gasteiger partial charge on any atom is 0.127 e. The van der Waals surface area contributed by atoms with E-state index in [1.54, 1.807) is 14.2 Å². The minimum absolute atomic E-state index is 0.834. The second kappa shape index (κ2) is 7.79. The van der Waals surface area contributed by atoms with E-state index < -0.39 is 0 Å². The van der Waals surface area contributed by atoms with E-state index >= 15 is 0 Å². The maximum absolute atomic E-state index is 5.53. The summed E-state index contributed by atoms with van der Waals surface area (Å²) in [6, 6.07) is 12.7. The van der Waals surface area contributed by atoms with Crippen molar-refractivity contribution in [3.63, 3.8) is 0 Å². The molecule has 1 saturated heterocycles. The van der Waals surface area contributed by atoms with Gasteiger partial charge in [-0.3, -0.25) is 4.90 Å². The van der Waals surface area contributed by atoms with Crippen molar-refractivity contribution in [1.82, 2.24) is 4.90 Å². The van der Waals surface area contributed by atoms with E-state index in [4.69, 9.17) is 9.47 Å². The molecule has 1 heterocycles. The van der Waals surface area contributed by atoms with Crippen LogP contribution in [0.25, 0.3) is 0 Å². The lowest BCUT2D eigenvalue weighted by Crippen LogP contribution is -2.46. The zero-order valence-electron chi connectivity index (χ0n) is 15.7. The van der Waals surface area contributed by atoms with Crippen LogP contribution in [-0.2, 0) is 6.54 Å². The highest BCUT2D eigenvalue weighted by Gasteiger charge is 2.20. The smallest absolute Gasteiger partial charge is 0.127 e. The summed E-state index contributed by atoms with van der Waals surface area (Å²) in [7, 11) is 3.40. The van der Waals surface area contributed by atoms with Crippen LogP contribution in [0.5, 0.6) is 11.5 Å². The van der Waals surface area contributed by atoms with Gasteiger partial charge in [0.25, 0.3) is 0 Å². The van der Waals surface area contributed by atoms with Gasteiger partial charge in [0.1, 0.15) is 11.5 Å². The molecule has 0 aromatic heterocycles. The first kappa shape index (κ1) is 17.6. The van der Waals surface area contributed by atoms with Gasteiger partial charge in [-0.05, 0) is 37.1 Å². The van der Waals surface area contributed by atoms with Crippen LogP contribution in [0.4, 0.5) is 5.69 Å². The fraction of sp³-hybridized carbons (Fsp3) is 0.429. The van der Waals surface area contributed by atoms with Gasteiger partial charge >= 0.3 is 0 Å². The molecule has 4 nitrogen and oxygen atoms in total. The molecule has 1 fully saturated rings. The van der Waals surface area contributed by atoms with Crippen molar-refractivity contribution in [2.75, 3.05) is 45.3 Å². The van der Waals surface area contributed by atoms with Gasteiger partial charge in [0.15, 0.2) is 0 Å². The molecule has 4 heteroatoms. The summed E-state index contributed by atoms with van der Waals surface area (Å²) in [6.07, 6.45) is 0. The lowest BCUT2D eigenvalue weighted by atomic mass is 10.1. The molecule has 0 radical (unpaired) electrons. The molecule has 134 valence electrons. The number of methoxy groups -OCH3 is 2. The van der Waals surface area contributed by atoms with E-state index in [1.807, 2.05) is 12.1 Å². The Morgan fingerprint density at radius 2 is 1.68 bits per heavy atom. The van der Waals surface area contributed by atoms with Crippen LogP contribution < -0.4 is 14.4 Å². The Hall–Kier alpha value is -2.20. The molecule has 1 aliphatic heterocycles. The SMILES string of the molecule is COc1ccc(CN2CCN(c3cccc(C)c3C)CC2)c(OC)c1. The summed E-state index contributed by atoms with van der Waals surface area (Å²) < 4.78 is 10.8. The molecule has 0 amide bonds. The molecule has 0 bridgehead atoms. The number of nitrogens with zero attached hydrogens (tertiary/aromatic N) is 2. The summed E-state index contributed by atoms with van der Waals surface area (Å²) >= 11 is 0. The topological polar surface area (TPSA) is 24.9 Å². The van der Waals surface area contributed by atoms with Crippen molar-refractivity contribution in [3.8, 4) is 11.5 Å². The first-order valence-corrected chi connectivity index (χ1v) is 8.87. The number of anilines is 1. The lowest BCUT2D eigenvalue weighted by Gasteiger charge is -2.37. The second-order valence-corrected chi connectivity index (χ2v) is 6.66. The van der Waals surface area contributed by atoms with E-state index in [-0.39, 0.29) is 0 Å². The molecular formula is C21H28N2O2. The predicted molar refractivity (Wildman–Crippen MR) is 103 cm³/mol. The van der Waals surface area contributed by atoms with Gasteiger partial charge in [-0.15, -0.1) is 0 Å². The number of benzene rings is 2. The monoisotopic (exact) mass is 340 g/mol. The van der Waals surface area contributed by atoms with E-state index in [0.29, 0.717) is 0 Å². The van der Waals surface area contributed by atoms with Gasteiger partial charge < -0.3 is 14.4 Å². The predicted octanol–water partition coefficient (Wildman–Crippen LogP) is 3.64. The maximum atomic E-state index is 5.53. The third kappa shape index (κ3) is 3.90. The molecule has 3 rings (SSSR count). The fourth-order valence-corrected chi connectivity index (χ4v) is 3.45. The highest BCUT2D eigenvalue weighted by atomic mass is 16.5. The van der Waals surface area contributed by atoms with E-state index in [0.717, 1.165) is 44.2 Å². The molecule has 0 saturated carbocycles. The summed E-state index contributed by atoms with van der Waals surface area (Å²) in [6.45, 7) is 9.55. The average molecular weight is 340 g/mol. The first-order chi connectivity index (χ1) is 12.1. The summed E-state index contributed by atoms with van der Waals surface area (Å²) in [5.41, 5.74) is 5.35. The van der Waals surface area contributed by atoms with E-state index in [2.05, 4.69) is 47.9 Å². The Kier molecular flexibility index (Phi) is 5.49. The molecule has 0 atom stereocenters. The number of piperazine rings is 1. The van der Waals surface area contributed by atoms with Crippen molar-refractivity contribution < 1.29 is 9.47 Å². The molecule has 2 aromatic carbocycles. The molecule has 1 aliphatic rings. The highest BCUT2D eigenvalue weighted by Crippen LogP contribution is 2.27. The minimum atomic E-state index is 0.834. The Morgan fingerprint density at radius 3 is 2.36 bits per heavy atom. The summed E-state index contributed by atoms with van der Waals surface area (Å²) in [4.78, 5) is 5.00. The van der Waals surface area contributed by atoms with Crippen LogP contribution in [0.2, 0.25) is 0 Å². The fourth-order valence-electron chi connectivity index (χ4n) is 3.45. The van der Waals surface area contributed by atoms with Crippen LogP contribution >= 0.6 is 0 Å². The Balaban J connectivity index is 1.64. The second-order valence-electron chi connectivity index (χ2n) is 6.66. The zero-order chi connectivity index (χ0) is 17.8. The number of hydrogen-bond donors (Lipinski definition) is 0. The number of rotatable bonds is 5. The standard InChI is InChI=1S/C21H28N2O2/c1-16-6-5-7-20(17(16)2)23-12-10-22(11-13-23)15-18-8-9-19(24-3)14-21(18)25-4/h5-9,14H,10-13,15H2,1-4H3. The van der Waals surface area contributed by atoms with Gasteiger partial charge in [0.2, 0.25) is 0 Å². The average Bonchev–Trinajstić information content (AvgIpc) is 2.65. The molecule has 25 heavy (non-hydrogen) atoms. The molecule has 0 spiro atoms. The number of aryl methyl sites for hydroxylation is 1. The Morgan fingerprint density at radius 1 is 0.920 bits per heavy atom. The van der Waals surface area contributed by atoms with Crippen molar-refractivity contribution >= 4 is 5.69 Å². The molecule has 0 unspecified atom stereocenters. The number of ether oxygens (including phenoxy) is 2. The van der Waals surface area contributed by atoms with Crippen molar-refractivity contribution in [2.24, 2.45) is 0 Å². The first-order valence-electron chi connectivity index (χ1n) is 8.87. The molecule has 0 N–H and O–H groups in total. The van der Waals surface area contributed by atoms with Crippen LogP contribution in [0.1, 0.15) is 16.7 Å². The molecular weight excluding hydrogens is 312 g/mol. The zero-order valence-corrected chi connectivity index (χ0v) is 15.7. The largest absolute Gasteiger partial charge is 0.497 e. The van der Waals surface area contributed by atoms with Crippen LogP contribution in [0.15, 0.2) is 36.4 Å². The molecule has 0 aliphatic carbocycles. The van der Waals surface area contributed by atoms with E-state index in [1.165, 1.54) is 22.4 Å². The third-order valence-electron chi connectivity index (χ3n) is 5.18. The van der Waals surface area contributed by atoms with E-state index in [9.17, 15) is 0 Å². The summed E-state index contributed by atoms with van der Waals surface area (Å²) in [5, 5.41) is 0. The quantitative estimate of drug-likeness (QED) is 0.830. The van der Waals surface area contributed by atoms with Gasteiger partial charge in [0, 0.05) is 50.0 Å². The normalized spacial score (nSPS) is 15.3. The van der Waals surface area contributed by atoms with Crippen molar-refractivity contribution in [3.05, 3.63) is 53.1 Å². The number of hydrogen-bond acceptors (Lipinski definition) is 4. The Labute approximate surface area is 151 Å². The van der Waals surface area contributed by atoms with Gasteiger partial charge in [-0.25, -0.2) is 0 Å². The highest BCUT2D eigenvalue weighted by molar-refractivity contribution is 5.56. The summed E-state index contributed by atoms with van der Waals surface area (Å²) in [5.74, 6) is 1.73. The molecule has 2 aromatic rings. The van der Waals surface area contributed by atoms with Gasteiger partial charge in [0.05, 0.1) is 14.2 Å². The third-order valence-corrected chi connectivity index (χ3v) is 5.18. The van der Waals surface area contributed by atoms with Crippen LogP contribution in [0, 0.1) is 13.8 Å². The van der Waals surface area contributed by atoms with Crippen molar-refractivity contribution in [1.29, 1.82) is 0 Å².